The van der Waals surface area contributed by atoms with Crippen LogP contribution in [-0.4, -0.2) is 49.8 Å². The molecule has 0 fully saturated rings. The van der Waals surface area contributed by atoms with Crippen LogP contribution in [0, 0.1) is 5.41 Å². The van der Waals surface area contributed by atoms with E-state index < -0.39 is 5.41 Å². The average Bonchev–Trinajstić information content (AvgIpc) is 3.46. The number of hydrogen-bond donors (Lipinski definition) is 4. The molecule has 0 bridgehead atoms. The van der Waals surface area contributed by atoms with Crippen LogP contribution in [0.4, 0.5) is 0 Å². The van der Waals surface area contributed by atoms with E-state index in [4.69, 9.17) is 41.9 Å². The Morgan fingerprint density at radius 3 is 0.658 bits per heavy atom. The molecule has 0 amide bonds. The molecule has 0 aromatic heterocycles. The Bertz CT molecular complexity index is 2640. The third-order valence-corrected chi connectivity index (χ3v) is 11.9. The second kappa shape index (κ2) is 25.6. The van der Waals surface area contributed by atoms with Crippen molar-refractivity contribution in [3.05, 3.63) is 263 Å². The van der Waals surface area contributed by atoms with Gasteiger partial charge in [0.25, 0.3) is 0 Å². The molecule has 0 atom stereocenters. The molecule has 8 aromatic rings. The Morgan fingerprint density at radius 1 is 0.274 bits per heavy atom. The van der Waals surface area contributed by atoms with Crippen molar-refractivity contribution in [3.63, 3.8) is 0 Å². The van der Waals surface area contributed by atoms with Crippen LogP contribution < -0.4 is 41.9 Å². The molecule has 12 heteroatoms. The van der Waals surface area contributed by atoms with Crippen LogP contribution in [0.2, 0.25) is 0 Å². The number of rotatable bonds is 24. The molecule has 0 aliphatic heterocycles. The molecule has 73 heavy (non-hydrogen) atoms. The lowest BCUT2D eigenvalue weighted by atomic mass is 9.92. The van der Waals surface area contributed by atoms with E-state index in [1.807, 2.05) is 218 Å². The molecule has 0 saturated heterocycles. The van der Waals surface area contributed by atoms with Crippen molar-refractivity contribution >= 4 is 23.3 Å². The smallest absolute Gasteiger partial charge is 0.125 e. The predicted octanol–water partition coefficient (Wildman–Crippen LogP) is 9.91. The third-order valence-electron chi connectivity index (χ3n) is 11.9. The highest BCUT2D eigenvalue weighted by Gasteiger charge is 2.36. The van der Waals surface area contributed by atoms with E-state index in [1.54, 1.807) is 0 Å². The highest BCUT2D eigenvalue weighted by atomic mass is 16.5. The number of aliphatic imine (C=N–C) groups is 4. The van der Waals surface area contributed by atoms with E-state index in [1.165, 1.54) is 0 Å². The van der Waals surface area contributed by atoms with Gasteiger partial charge in [0.05, 0.1) is 26.2 Å². The monoisotopic (exact) mass is 968 g/mol. The fraction of sp³-hybridized carbons (Fsp3) is 0.148. The van der Waals surface area contributed by atoms with Gasteiger partial charge >= 0.3 is 0 Å². The van der Waals surface area contributed by atoms with Crippen molar-refractivity contribution in [3.8, 4) is 23.0 Å². The molecule has 0 spiro atoms. The first kappa shape index (κ1) is 50.2. The second-order valence-corrected chi connectivity index (χ2v) is 17.5. The molecule has 0 aliphatic rings. The Hall–Kier alpha value is -9.16. The molecule has 0 radical (unpaired) electrons. The summed E-state index contributed by atoms with van der Waals surface area (Å²) in [6.07, 6.45) is 0. The highest BCUT2D eigenvalue weighted by molar-refractivity contribution is 5.99. The summed E-state index contributed by atoms with van der Waals surface area (Å²) < 4.78 is 26.5. The van der Waals surface area contributed by atoms with Gasteiger partial charge in [-0.2, -0.15) is 0 Å². The van der Waals surface area contributed by atoms with Crippen molar-refractivity contribution in [2.24, 2.45) is 48.3 Å². The maximum absolute atomic E-state index is 6.63. The van der Waals surface area contributed by atoms with Gasteiger partial charge in [-0.1, -0.05) is 121 Å². The molecule has 8 aromatic carbocycles. The molecule has 0 aliphatic carbocycles. The Balaban J connectivity index is 1.04. The Kier molecular flexibility index (Phi) is 17.6. The number of ether oxygens (including phenoxy) is 4. The van der Waals surface area contributed by atoms with Gasteiger partial charge < -0.3 is 41.9 Å². The Labute approximate surface area is 427 Å². The second-order valence-electron chi connectivity index (χ2n) is 17.5. The lowest BCUT2D eigenvalue weighted by Crippen LogP contribution is -2.45. The van der Waals surface area contributed by atoms with Crippen molar-refractivity contribution < 1.29 is 18.9 Å². The summed E-state index contributed by atoms with van der Waals surface area (Å²) >= 11 is 0. The zero-order chi connectivity index (χ0) is 50.5. The van der Waals surface area contributed by atoms with Crippen molar-refractivity contribution in [1.29, 1.82) is 0 Å². The van der Waals surface area contributed by atoms with E-state index >= 15 is 0 Å². The minimum Gasteiger partial charge on any atom is -0.493 e. The van der Waals surface area contributed by atoms with E-state index in [-0.39, 0.29) is 26.4 Å². The van der Waals surface area contributed by atoms with Crippen LogP contribution in [0.25, 0.3) is 0 Å². The van der Waals surface area contributed by atoms with E-state index in [9.17, 15) is 0 Å². The summed E-state index contributed by atoms with van der Waals surface area (Å²) in [5, 5.41) is 0. The van der Waals surface area contributed by atoms with Crippen molar-refractivity contribution in [2.45, 2.75) is 26.2 Å². The zero-order valence-electron chi connectivity index (χ0n) is 40.7. The first-order valence-corrected chi connectivity index (χ1v) is 24.0. The molecule has 0 heterocycles. The molecule has 8 rings (SSSR count). The van der Waals surface area contributed by atoms with E-state index in [2.05, 4.69) is 20.0 Å². The average molecular weight is 969 g/mol. The number of benzene rings is 8. The predicted molar refractivity (Wildman–Crippen MR) is 294 cm³/mol. The number of amidine groups is 4. The van der Waals surface area contributed by atoms with Crippen LogP contribution in [-0.2, 0) is 26.2 Å². The molecular weight excluding hydrogens is 909 g/mol. The first-order valence-electron chi connectivity index (χ1n) is 24.0. The zero-order valence-corrected chi connectivity index (χ0v) is 40.7. The fourth-order valence-corrected chi connectivity index (χ4v) is 7.49. The Morgan fingerprint density at radius 2 is 0.466 bits per heavy atom. The van der Waals surface area contributed by atoms with Gasteiger partial charge in [0.15, 0.2) is 0 Å². The summed E-state index contributed by atoms with van der Waals surface area (Å²) in [6, 6.07) is 70.1. The van der Waals surface area contributed by atoms with Gasteiger partial charge in [0, 0.05) is 22.3 Å². The van der Waals surface area contributed by atoms with Crippen LogP contribution in [0.15, 0.2) is 238 Å². The number of nitrogens with two attached hydrogens (primary N) is 4. The third kappa shape index (κ3) is 15.4. The summed E-state index contributed by atoms with van der Waals surface area (Å²) in [5.41, 5.74) is 32.2. The first-order chi connectivity index (χ1) is 35.8. The van der Waals surface area contributed by atoms with Gasteiger partial charge in [-0.25, -0.2) is 0 Å². The van der Waals surface area contributed by atoms with Gasteiger partial charge in [-0.3, -0.25) is 20.0 Å². The quantitative estimate of drug-likeness (QED) is 0.0340. The molecule has 8 N–H and O–H groups in total. The minimum atomic E-state index is -0.909. The van der Waals surface area contributed by atoms with Crippen molar-refractivity contribution in [1.82, 2.24) is 0 Å². The summed E-state index contributed by atoms with van der Waals surface area (Å²) in [6.45, 7) is 2.43. The van der Waals surface area contributed by atoms with Gasteiger partial charge in [-0.15, -0.1) is 0 Å². The normalized spacial score (nSPS) is 12.9. The van der Waals surface area contributed by atoms with Gasteiger partial charge in [0.1, 0.15) is 78.2 Å². The van der Waals surface area contributed by atoms with Gasteiger partial charge in [0.2, 0.25) is 0 Å². The van der Waals surface area contributed by atoms with E-state index in [0.29, 0.717) is 72.5 Å². The van der Waals surface area contributed by atoms with Crippen molar-refractivity contribution in [2.75, 3.05) is 26.4 Å². The molecule has 0 unspecified atom stereocenters. The molecule has 368 valence electrons. The topological polar surface area (TPSA) is 190 Å². The summed E-state index contributed by atoms with van der Waals surface area (Å²) in [4.78, 5) is 18.4. The maximum Gasteiger partial charge on any atom is 0.125 e. The lowest BCUT2D eigenvalue weighted by Gasteiger charge is -2.33. The van der Waals surface area contributed by atoms with Crippen LogP contribution >= 0.6 is 0 Å². The van der Waals surface area contributed by atoms with Crippen LogP contribution in [0.1, 0.15) is 44.5 Å². The van der Waals surface area contributed by atoms with Crippen LogP contribution in [0.3, 0.4) is 0 Å². The molecule has 12 nitrogen and oxygen atoms in total. The lowest BCUT2D eigenvalue weighted by molar-refractivity contribution is -0.00351. The van der Waals surface area contributed by atoms with Gasteiger partial charge in [-0.05, 0) is 119 Å². The summed E-state index contributed by atoms with van der Waals surface area (Å²) in [5.74, 6) is 4.18. The molecule has 0 saturated carbocycles. The largest absolute Gasteiger partial charge is 0.493 e. The minimum absolute atomic E-state index is 0.134. The highest BCUT2D eigenvalue weighted by Crippen LogP contribution is 2.28. The number of hydrogen-bond acceptors (Lipinski definition) is 8. The number of nitrogens with zero attached hydrogens (tertiary/aromatic N) is 4. The summed E-state index contributed by atoms with van der Waals surface area (Å²) in [7, 11) is 0. The standard InChI is InChI=1S/C61H60N8O4/c62-57(66-37-45-13-5-1-6-14-45)49-21-29-53(30-22-49)70-41-61(42-71-54-31-23-50(24-32-54)58(63)67-38-46-15-7-2-8-16-46,43-72-55-33-25-51(26-34-55)59(64)68-39-47-17-9-3-10-18-47)44-73-56-35-27-52(28-36-56)60(65)69-40-48-19-11-4-12-20-48/h1-36H,37-44H2,(H2,62,66)(H2,63,67)(H2,64,68)(H2,65,69). The fourth-order valence-electron chi connectivity index (χ4n) is 7.49. The SMILES string of the molecule is NC(=NCc1ccccc1)c1ccc(OCC(COc2ccc(C(N)=NCc3ccccc3)cc2)(COc2ccc(C(N)=NCc3ccccc3)cc2)COc2ccc(C(N)=NCc3ccccc3)cc2)cc1. The maximum atomic E-state index is 6.63. The van der Waals surface area contributed by atoms with E-state index in [0.717, 1.165) is 44.5 Å². The van der Waals surface area contributed by atoms with Crippen LogP contribution in [0.5, 0.6) is 23.0 Å². The molecular formula is C61H60N8O4.